The lowest BCUT2D eigenvalue weighted by Crippen LogP contribution is -2.47. The molecular formula is C20H18FN5. The van der Waals surface area contributed by atoms with Gasteiger partial charge in [-0.2, -0.15) is 15.8 Å². The molecule has 1 aliphatic carbocycles. The van der Waals surface area contributed by atoms with Gasteiger partial charge >= 0.3 is 0 Å². The Morgan fingerprint density at radius 3 is 2.54 bits per heavy atom. The first kappa shape index (κ1) is 17.7. The molecule has 0 saturated carbocycles. The van der Waals surface area contributed by atoms with E-state index < -0.39 is 17.2 Å². The minimum absolute atomic E-state index is 0.0781. The molecular weight excluding hydrogens is 329 g/mol. The van der Waals surface area contributed by atoms with Crippen molar-refractivity contribution in [2.24, 2.45) is 17.1 Å². The zero-order valence-corrected chi connectivity index (χ0v) is 14.4. The molecule has 26 heavy (non-hydrogen) atoms. The molecule has 0 spiro atoms. The number of hydrogen-bond acceptors (Lipinski definition) is 5. The summed E-state index contributed by atoms with van der Waals surface area (Å²) in [6.07, 6.45) is 1.85. The van der Waals surface area contributed by atoms with Crippen molar-refractivity contribution in [1.82, 2.24) is 4.90 Å². The smallest absolute Gasteiger partial charge is 0.204 e. The number of benzene rings is 1. The van der Waals surface area contributed by atoms with Crippen molar-refractivity contribution < 1.29 is 4.39 Å². The second-order valence-corrected chi connectivity index (χ2v) is 6.53. The monoisotopic (exact) mass is 347 g/mol. The Hall–Kier alpha value is -3.14. The van der Waals surface area contributed by atoms with E-state index in [9.17, 15) is 20.2 Å². The van der Waals surface area contributed by atoms with Gasteiger partial charge in [0.1, 0.15) is 5.82 Å². The summed E-state index contributed by atoms with van der Waals surface area (Å²) >= 11 is 0. The lowest BCUT2D eigenvalue weighted by molar-refractivity contribution is 0.233. The summed E-state index contributed by atoms with van der Waals surface area (Å²) in [7, 11) is 0. The molecule has 5 nitrogen and oxygen atoms in total. The number of allylic oxidation sites excluding steroid dienone is 2. The highest BCUT2D eigenvalue weighted by molar-refractivity contribution is 5.58. The molecule has 0 radical (unpaired) electrons. The normalized spacial score (nSPS) is 24.7. The quantitative estimate of drug-likeness (QED) is 0.829. The van der Waals surface area contributed by atoms with E-state index >= 15 is 0 Å². The Morgan fingerprint density at radius 2 is 1.96 bits per heavy atom. The fraction of sp³-hybridized carbons (Fsp3) is 0.350. The highest BCUT2D eigenvalue weighted by Crippen LogP contribution is 2.53. The molecule has 2 atom stereocenters. The molecule has 1 heterocycles. The molecule has 0 saturated heterocycles. The van der Waals surface area contributed by atoms with Crippen LogP contribution in [0.1, 0.15) is 18.4 Å². The van der Waals surface area contributed by atoms with E-state index in [1.54, 1.807) is 18.2 Å². The number of fused-ring (bicyclic) bond motifs is 1. The van der Waals surface area contributed by atoms with Crippen LogP contribution in [0.5, 0.6) is 0 Å². The Balaban J connectivity index is 2.32. The first-order valence-corrected chi connectivity index (χ1v) is 8.44. The van der Waals surface area contributed by atoms with Crippen LogP contribution in [0.15, 0.2) is 47.2 Å². The predicted molar refractivity (Wildman–Crippen MR) is 93.3 cm³/mol. The molecule has 0 amide bonds. The largest absolute Gasteiger partial charge is 0.399 e. The van der Waals surface area contributed by atoms with Gasteiger partial charge in [0.05, 0.1) is 29.5 Å². The topological polar surface area (TPSA) is 101 Å². The minimum atomic E-state index is -1.67. The van der Waals surface area contributed by atoms with Crippen molar-refractivity contribution in [2.75, 3.05) is 19.6 Å². The molecule has 3 rings (SSSR count). The van der Waals surface area contributed by atoms with E-state index in [0.29, 0.717) is 24.2 Å². The second-order valence-electron chi connectivity index (χ2n) is 6.53. The van der Waals surface area contributed by atoms with E-state index in [2.05, 4.69) is 11.0 Å². The summed E-state index contributed by atoms with van der Waals surface area (Å²) in [5.41, 5.74) is 5.49. The van der Waals surface area contributed by atoms with Gasteiger partial charge in [-0.1, -0.05) is 31.2 Å². The van der Waals surface area contributed by atoms with Crippen LogP contribution in [0.3, 0.4) is 0 Å². The van der Waals surface area contributed by atoms with Crippen LogP contribution >= 0.6 is 0 Å². The van der Waals surface area contributed by atoms with Crippen LogP contribution in [-0.4, -0.2) is 24.5 Å². The maximum Gasteiger partial charge on any atom is 0.204 e. The van der Waals surface area contributed by atoms with E-state index in [1.807, 2.05) is 25.1 Å². The maximum absolute atomic E-state index is 14.6. The standard InChI is InChI=1S/C20H18FN5/c1-2-26-8-7-16-15(10-26)18(13-5-3-4-6-17(13)21)14(9-22)19(25)20(16,11-23)12-24/h3-7,15,18H,2,8,10,25H2,1H3. The number of nitriles is 3. The highest BCUT2D eigenvalue weighted by Gasteiger charge is 2.52. The summed E-state index contributed by atoms with van der Waals surface area (Å²) in [5, 5.41) is 29.3. The van der Waals surface area contributed by atoms with Crippen LogP contribution < -0.4 is 5.73 Å². The molecule has 0 fully saturated rings. The predicted octanol–water partition coefficient (Wildman–Crippen LogP) is 2.57. The van der Waals surface area contributed by atoms with Gasteiger partial charge in [0.2, 0.25) is 5.41 Å². The van der Waals surface area contributed by atoms with Gasteiger partial charge in [-0.3, -0.25) is 4.90 Å². The summed E-state index contributed by atoms with van der Waals surface area (Å²) in [5.74, 6) is -1.40. The van der Waals surface area contributed by atoms with E-state index in [4.69, 9.17) is 5.73 Å². The molecule has 1 aromatic carbocycles. The maximum atomic E-state index is 14.6. The summed E-state index contributed by atoms with van der Waals surface area (Å²) < 4.78 is 14.6. The number of hydrogen-bond donors (Lipinski definition) is 1. The number of likely N-dealkylation sites (N-methyl/N-ethyl adjacent to an activating group) is 1. The minimum Gasteiger partial charge on any atom is -0.399 e. The van der Waals surface area contributed by atoms with Crippen molar-refractivity contribution in [1.29, 1.82) is 15.8 Å². The van der Waals surface area contributed by atoms with Crippen molar-refractivity contribution in [3.05, 3.63) is 58.6 Å². The number of halogens is 1. The van der Waals surface area contributed by atoms with E-state index in [-0.39, 0.29) is 17.2 Å². The Kier molecular flexibility index (Phi) is 4.51. The number of nitrogens with zero attached hydrogens (tertiary/aromatic N) is 4. The van der Waals surface area contributed by atoms with Crippen molar-refractivity contribution in [2.45, 2.75) is 12.8 Å². The van der Waals surface area contributed by atoms with Crippen LogP contribution in [0.4, 0.5) is 4.39 Å². The Bertz CT molecular complexity index is 911. The molecule has 1 aliphatic heterocycles. The van der Waals surface area contributed by atoms with Crippen molar-refractivity contribution in [3.8, 4) is 18.2 Å². The van der Waals surface area contributed by atoms with E-state index in [1.165, 1.54) is 6.07 Å². The molecule has 2 N–H and O–H groups in total. The molecule has 6 heteroatoms. The molecule has 2 aliphatic rings. The van der Waals surface area contributed by atoms with Gasteiger partial charge in [0.15, 0.2) is 0 Å². The lowest BCUT2D eigenvalue weighted by atomic mass is 9.60. The van der Waals surface area contributed by atoms with Gasteiger partial charge in [0.25, 0.3) is 0 Å². The SMILES string of the molecule is CCN1CC=C2C(C1)C(c1ccccc1F)C(C#N)=C(N)C2(C#N)C#N. The molecule has 1 aromatic rings. The van der Waals surface area contributed by atoms with Crippen molar-refractivity contribution in [3.63, 3.8) is 0 Å². The number of nitrogens with two attached hydrogens (primary N) is 1. The third kappa shape index (κ3) is 2.37. The molecule has 130 valence electrons. The molecule has 0 bridgehead atoms. The molecule has 2 unspecified atom stereocenters. The first-order chi connectivity index (χ1) is 12.5. The van der Waals surface area contributed by atoms with Gasteiger partial charge < -0.3 is 5.73 Å². The summed E-state index contributed by atoms with van der Waals surface area (Å²) in [6.45, 7) is 3.91. The van der Waals surface area contributed by atoms with Gasteiger partial charge in [-0.15, -0.1) is 0 Å². The van der Waals surface area contributed by atoms with Crippen molar-refractivity contribution >= 4 is 0 Å². The van der Waals surface area contributed by atoms with Gasteiger partial charge in [-0.05, 0) is 23.7 Å². The zero-order chi connectivity index (χ0) is 18.9. The Labute approximate surface area is 152 Å². The van der Waals surface area contributed by atoms with E-state index in [0.717, 1.165) is 6.54 Å². The highest BCUT2D eigenvalue weighted by atomic mass is 19.1. The van der Waals surface area contributed by atoms with Crippen LogP contribution in [-0.2, 0) is 0 Å². The lowest BCUT2D eigenvalue weighted by Gasteiger charge is -2.44. The van der Waals surface area contributed by atoms with Gasteiger partial charge in [0, 0.05) is 24.9 Å². The van der Waals surface area contributed by atoms with Crippen LogP contribution in [0.2, 0.25) is 0 Å². The third-order valence-electron chi connectivity index (χ3n) is 5.41. The average Bonchev–Trinajstić information content (AvgIpc) is 2.68. The summed E-state index contributed by atoms with van der Waals surface area (Å²) in [4.78, 5) is 2.14. The third-order valence-corrected chi connectivity index (χ3v) is 5.41. The fourth-order valence-electron chi connectivity index (χ4n) is 4.03. The second kappa shape index (κ2) is 6.64. The Morgan fingerprint density at radius 1 is 1.27 bits per heavy atom. The average molecular weight is 347 g/mol. The summed E-state index contributed by atoms with van der Waals surface area (Å²) in [6, 6.07) is 12.4. The van der Waals surface area contributed by atoms with Gasteiger partial charge in [-0.25, -0.2) is 4.39 Å². The zero-order valence-electron chi connectivity index (χ0n) is 14.4. The first-order valence-electron chi connectivity index (χ1n) is 8.44. The fourth-order valence-corrected chi connectivity index (χ4v) is 4.03. The van der Waals surface area contributed by atoms with Crippen LogP contribution in [0, 0.1) is 51.1 Å². The molecule has 0 aromatic heterocycles. The van der Waals surface area contributed by atoms with Crippen LogP contribution in [0.25, 0.3) is 0 Å². The number of rotatable bonds is 2.